The Morgan fingerprint density at radius 1 is 0.523 bits per heavy atom. The molecule has 4 nitrogen and oxygen atoms in total. The third kappa shape index (κ3) is 4.79. The Morgan fingerprint density at radius 3 is 1.61 bits per heavy atom. The number of hydrogen-bond acceptors (Lipinski definition) is 4. The molecule has 1 aromatic heterocycles. The number of fused-ring (bicyclic) bond motifs is 6. The van der Waals surface area contributed by atoms with Gasteiger partial charge in [0.2, 0.25) is 0 Å². The number of pyridine rings is 1. The highest BCUT2D eigenvalue weighted by molar-refractivity contribution is 6.02. The molecule has 0 saturated heterocycles. The van der Waals surface area contributed by atoms with Crippen LogP contribution in [0, 0.1) is 0 Å². The van der Waals surface area contributed by atoms with Gasteiger partial charge in [-0.1, -0.05) is 93.6 Å². The largest absolute Gasteiger partial charge is 0.497 e. The molecular weight excluding hydrogens is 538 g/mol. The topological polar surface area (TPSA) is 28.6 Å². The van der Waals surface area contributed by atoms with Gasteiger partial charge in [0.15, 0.2) is 0 Å². The molecule has 0 fully saturated rings. The van der Waals surface area contributed by atoms with Gasteiger partial charge in [-0.3, -0.25) is 4.90 Å². The maximum atomic E-state index is 5.84. The Balaban J connectivity index is 1.64. The predicted molar refractivity (Wildman–Crippen MR) is 183 cm³/mol. The van der Waals surface area contributed by atoms with Gasteiger partial charge in [-0.15, -0.1) is 0 Å². The molecule has 0 bridgehead atoms. The molecule has 0 amide bonds. The summed E-state index contributed by atoms with van der Waals surface area (Å²) in [7, 11) is 1.72. The fourth-order valence-electron chi connectivity index (χ4n) is 6.11. The maximum absolute atomic E-state index is 5.84. The molecule has 4 heteroatoms. The number of methoxy groups -OCH3 is 1. The van der Waals surface area contributed by atoms with Crippen LogP contribution < -0.4 is 14.5 Å². The van der Waals surface area contributed by atoms with Crippen molar-refractivity contribution < 1.29 is 4.74 Å². The molecule has 7 rings (SSSR count). The molecule has 0 aliphatic carbocycles. The van der Waals surface area contributed by atoms with Crippen molar-refractivity contribution in [3.63, 3.8) is 0 Å². The SMILES string of the molecule is COc1ccc2c(c1)N(c1cc(C(C)(C)C)ccn1)c1ccccc1-c1ccccc1N(c1ccccc1)c1ccccc1-2. The van der Waals surface area contributed by atoms with Gasteiger partial charge in [-0.05, 0) is 65.6 Å². The van der Waals surface area contributed by atoms with E-state index >= 15 is 0 Å². The first-order chi connectivity index (χ1) is 21.4. The van der Waals surface area contributed by atoms with E-state index < -0.39 is 0 Å². The van der Waals surface area contributed by atoms with Crippen molar-refractivity contribution in [2.45, 2.75) is 26.2 Å². The summed E-state index contributed by atoms with van der Waals surface area (Å²) in [4.78, 5) is 9.68. The van der Waals surface area contributed by atoms with Crippen LogP contribution in [-0.2, 0) is 5.41 Å². The van der Waals surface area contributed by atoms with Crippen molar-refractivity contribution in [1.29, 1.82) is 0 Å². The Kier molecular flexibility index (Phi) is 6.90. The lowest BCUT2D eigenvalue weighted by Gasteiger charge is -2.35. The number of hydrogen-bond donors (Lipinski definition) is 0. The summed E-state index contributed by atoms with van der Waals surface area (Å²) in [6.07, 6.45) is 1.93. The number of para-hydroxylation sites is 4. The van der Waals surface area contributed by atoms with Gasteiger partial charge < -0.3 is 9.64 Å². The maximum Gasteiger partial charge on any atom is 0.137 e. The van der Waals surface area contributed by atoms with Crippen molar-refractivity contribution in [2.24, 2.45) is 0 Å². The summed E-state index contributed by atoms with van der Waals surface area (Å²) < 4.78 is 5.84. The van der Waals surface area contributed by atoms with E-state index in [1.54, 1.807) is 7.11 Å². The molecule has 216 valence electrons. The Hall–Kier alpha value is -5.35. The van der Waals surface area contributed by atoms with E-state index in [2.05, 4.69) is 158 Å². The van der Waals surface area contributed by atoms with Crippen LogP contribution in [0.15, 0.2) is 140 Å². The summed E-state index contributed by atoms with van der Waals surface area (Å²) in [5, 5.41) is 0. The second-order valence-electron chi connectivity index (χ2n) is 12.1. The van der Waals surface area contributed by atoms with E-state index in [9.17, 15) is 0 Å². The van der Waals surface area contributed by atoms with Crippen LogP contribution in [0.1, 0.15) is 26.3 Å². The number of nitrogens with zero attached hydrogens (tertiary/aromatic N) is 3. The molecule has 5 aromatic carbocycles. The van der Waals surface area contributed by atoms with Gasteiger partial charge in [0.1, 0.15) is 11.6 Å². The normalized spacial score (nSPS) is 12.5. The second kappa shape index (κ2) is 11.1. The first-order valence-electron chi connectivity index (χ1n) is 15.0. The molecule has 1 aliphatic rings. The molecule has 0 radical (unpaired) electrons. The second-order valence-corrected chi connectivity index (χ2v) is 12.1. The van der Waals surface area contributed by atoms with E-state index in [4.69, 9.17) is 9.72 Å². The first-order valence-corrected chi connectivity index (χ1v) is 15.0. The average molecular weight is 574 g/mol. The lowest BCUT2D eigenvalue weighted by Crippen LogP contribution is -2.19. The molecule has 0 spiro atoms. The molecule has 6 aromatic rings. The van der Waals surface area contributed by atoms with Crippen LogP contribution >= 0.6 is 0 Å². The van der Waals surface area contributed by atoms with E-state index in [0.29, 0.717) is 0 Å². The van der Waals surface area contributed by atoms with Crippen LogP contribution in [0.4, 0.5) is 34.3 Å². The number of rotatable bonds is 3. The van der Waals surface area contributed by atoms with E-state index in [1.165, 1.54) is 5.56 Å². The van der Waals surface area contributed by atoms with Gasteiger partial charge in [0.05, 0.1) is 29.9 Å². The fourth-order valence-corrected chi connectivity index (χ4v) is 6.11. The number of ether oxygens (including phenoxy) is 1. The summed E-state index contributed by atoms with van der Waals surface area (Å²) in [5.74, 6) is 1.64. The monoisotopic (exact) mass is 573 g/mol. The average Bonchev–Trinajstić information content (AvgIpc) is 3.06. The van der Waals surface area contributed by atoms with Crippen molar-refractivity contribution in [3.8, 4) is 28.0 Å². The van der Waals surface area contributed by atoms with Gasteiger partial charge in [-0.25, -0.2) is 4.98 Å². The van der Waals surface area contributed by atoms with E-state index in [-0.39, 0.29) is 5.41 Å². The summed E-state index contributed by atoms with van der Waals surface area (Å²) in [6.45, 7) is 6.72. The third-order valence-corrected chi connectivity index (χ3v) is 8.32. The first kappa shape index (κ1) is 27.5. The highest BCUT2D eigenvalue weighted by atomic mass is 16.5. The molecule has 2 heterocycles. The lowest BCUT2D eigenvalue weighted by atomic mass is 9.87. The van der Waals surface area contributed by atoms with E-state index in [1.807, 2.05) is 12.3 Å². The van der Waals surface area contributed by atoms with Gasteiger partial charge in [0, 0.05) is 40.2 Å². The van der Waals surface area contributed by atoms with Crippen LogP contribution in [0.2, 0.25) is 0 Å². The highest BCUT2D eigenvalue weighted by Gasteiger charge is 2.29. The molecular formula is C40H35N3O. The van der Waals surface area contributed by atoms with Crippen molar-refractivity contribution in [2.75, 3.05) is 16.9 Å². The van der Waals surface area contributed by atoms with Crippen LogP contribution in [0.3, 0.4) is 0 Å². The zero-order valence-electron chi connectivity index (χ0n) is 25.5. The standard InChI is InChI=1S/C40H35N3O/c1-40(2,3)28-24-25-41-39(26-28)43-37-21-13-10-17-32(37)31-16-8-11-19-35(31)42(29-14-6-5-7-15-29)36-20-12-9-18-33(36)34-23-22-30(44-4)27-38(34)43/h5-27H,1-4H3. The zero-order chi connectivity index (χ0) is 30.3. The minimum Gasteiger partial charge on any atom is -0.497 e. The van der Waals surface area contributed by atoms with Gasteiger partial charge >= 0.3 is 0 Å². The van der Waals surface area contributed by atoms with Crippen LogP contribution in [-0.4, -0.2) is 12.1 Å². The molecule has 1 aliphatic heterocycles. The number of benzene rings is 5. The lowest BCUT2D eigenvalue weighted by molar-refractivity contribution is 0.415. The smallest absolute Gasteiger partial charge is 0.137 e. The quantitative estimate of drug-likeness (QED) is 0.210. The minimum atomic E-state index is -0.0408. The Morgan fingerprint density at radius 2 is 1.05 bits per heavy atom. The minimum absolute atomic E-state index is 0.0408. The van der Waals surface area contributed by atoms with Crippen molar-refractivity contribution in [3.05, 3.63) is 145 Å². The molecule has 0 N–H and O–H groups in total. The molecule has 0 unspecified atom stereocenters. The van der Waals surface area contributed by atoms with Crippen LogP contribution in [0.5, 0.6) is 5.75 Å². The van der Waals surface area contributed by atoms with E-state index in [0.717, 1.165) is 62.3 Å². The van der Waals surface area contributed by atoms with Gasteiger partial charge in [0.25, 0.3) is 0 Å². The Labute approximate surface area is 259 Å². The van der Waals surface area contributed by atoms with Crippen LogP contribution in [0.25, 0.3) is 22.3 Å². The number of anilines is 6. The van der Waals surface area contributed by atoms with Crippen molar-refractivity contribution in [1.82, 2.24) is 4.98 Å². The van der Waals surface area contributed by atoms with Crippen molar-refractivity contribution >= 4 is 34.3 Å². The third-order valence-electron chi connectivity index (χ3n) is 8.32. The van der Waals surface area contributed by atoms with Gasteiger partial charge in [-0.2, -0.15) is 0 Å². The zero-order valence-corrected chi connectivity index (χ0v) is 25.5. The summed E-state index contributed by atoms with van der Waals surface area (Å²) >= 11 is 0. The summed E-state index contributed by atoms with van der Waals surface area (Å²) in [6, 6.07) is 47.3. The Bertz CT molecular complexity index is 1960. The fraction of sp³-hybridized carbons (Fsp3) is 0.125. The highest BCUT2D eigenvalue weighted by Crippen LogP contribution is 2.52. The summed E-state index contributed by atoms with van der Waals surface area (Å²) in [5.41, 5.74) is 10.9. The molecule has 0 atom stereocenters. The molecule has 44 heavy (non-hydrogen) atoms. The molecule has 0 saturated carbocycles. The number of aromatic nitrogens is 1. The predicted octanol–water partition coefficient (Wildman–Crippen LogP) is 11.0.